The number of para-hydroxylation sites is 1. The molecule has 0 aliphatic carbocycles. The highest BCUT2D eigenvalue weighted by Gasteiger charge is 2.42. The van der Waals surface area contributed by atoms with Gasteiger partial charge in [-0.3, -0.25) is 0 Å². The van der Waals surface area contributed by atoms with Gasteiger partial charge in [0.2, 0.25) is 0 Å². The first-order valence-corrected chi connectivity index (χ1v) is 9.70. The van der Waals surface area contributed by atoms with Crippen molar-refractivity contribution in [1.29, 1.82) is 0 Å². The van der Waals surface area contributed by atoms with Crippen LogP contribution in [-0.4, -0.2) is 24.2 Å². The van der Waals surface area contributed by atoms with E-state index >= 15 is 0 Å². The molecule has 3 heterocycles. The molecule has 3 N–H and O–H groups in total. The number of furan rings is 1. The SMILES string of the molecule is Cc1ccccc1NC(=O)NC1C[C@H]2CCC[C@@H](C1)[NH+]2Cc1ccco1. The number of hydrogen-bond donors (Lipinski definition) is 3. The lowest BCUT2D eigenvalue weighted by molar-refractivity contribution is -0.974. The summed E-state index contributed by atoms with van der Waals surface area (Å²) in [7, 11) is 0. The molecule has 5 heteroatoms. The van der Waals surface area contributed by atoms with Crippen LogP contribution >= 0.6 is 0 Å². The number of fused-ring (bicyclic) bond motifs is 2. The minimum atomic E-state index is -0.0862. The maximum atomic E-state index is 12.4. The van der Waals surface area contributed by atoms with Gasteiger partial charge in [0.05, 0.1) is 18.3 Å². The van der Waals surface area contributed by atoms with Crippen LogP contribution in [-0.2, 0) is 6.54 Å². The summed E-state index contributed by atoms with van der Waals surface area (Å²) in [5.41, 5.74) is 1.96. The number of piperidine rings is 2. The van der Waals surface area contributed by atoms with Crippen LogP contribution in [0.4, 0.5) is 10.5 Å². The second kappa shape index (κ2) is 7.54. The minimum absolute atomic E-state index is 0.0862. The number of amides is 2. The van der Waals surface area contributed by atoms with Crippen LogP contribution in [0.25, 0.3) is 0 Å². The zero-order valence-electron chi connectivity index (χ0n) is 15.3. The van der Waals surface area contributed by atoms with E-state index in [1.165, 1.54) is 19.3 Å². The van der Waals surface area contributed by atoms with Crippen molar-refractivity contribution in [1.82, 2.24) is 5.32 Å². The monoisotopic (exact) mass is 354 g/mol. The molecule has 2 aromatic rings. The van der Waals surface area contributed by atoms with Crippen molar-refractivity contribution in [3.63, 3.8) is 0 Å². The summed E-state index contributed by atoms with van der Waals surface area (Å²) in [5, 5.41) is 6.21. The van der Waals surface area contributed by atoms with Crippen LogP contribution in [0.5, 0.6) is 0 Å². The van der Waals surface area contributed by atoms with Crippen molar-refractivity contribution in [2.45, 2.75) is 63.7 Å². The Morgan fingerprint density at radius 2 is 1.92 bits per heavy atom. The number of aryl methyl sites for hydroxylation is 1. The van der Waals surface area contributed by atoms with E-state index in [9.17, 15) is 4.79 Å². The maximum Gasteiger partial charge on any atom is 0.319 e. The summed E-state index contributed by atoms with van der Waals surface area (Å²) >= 11 is 0. The molecule has 2 aliphatic heterocycles. The van der Waals surface area contributed by atoms with Crippen molar-refractivity contribution < 1.29 is 14.1 Å². The van der Waals surface area contributed by atoms with Gasteiger partial charge in [0.1, 0.15) is 6.54 Å². The molecule has 2 amide bonds. The number of nitrogens with one attached hydrogen (secondary N) is 3. The molecule has 5 nitrogen and oxygen atoms in total. The van der Waals surface area contributed by atoms with E-state index in [1.807, 2.05) is 37.3 Å². The smallest absolute Gasteiger partial charge is 0.319 e. The first kappa shape index (κ1) is 17.2. The maximum absolute atomic E-state index is 12.4. The number of quaternary nitrogens is 1. The molecule has 2 saturated heterocycles. The highest BCUT2D eigenvalue weighted by molar-refractivity contribution is 5.90. The molecule has 2 bridgehead atoms. The molecule has 1 aromatic carbocycles. The molecule has 26 heavy (non-hydrogen) atoms. The first-order chi connectivity index (χ1) is 12.7. The van der Waals surface area contributed by atoms with Crippen molar-refractivity contribution in [3.05, 3.63) is 54.0 Å². The van der Waals surface area contributed by atoms with Crippen LogP contribution in [0.3, 0.4) is 0 Å². The Labute approximate surface area is 154 Å². The van der Waals surface area contributed by atoms with Crippen molar-refractivity contribution in [3.8, 4) is 0 Å². The van der Waals surface area contributed by atoms with Gasteiger partial charge in [-0.05, 0) is 49.9 Å². The van der Waals surface area contributed by atoms with Crippen molar-refractivity contribution >= 4 is 11.7 Å². The van der Waals surface area contributed by atoms with Crippen molar-refractivity contribution in [2.75, 3.05) is 5.32 Å². The van der Waals surface area contributed by atoms with Crippen molar-refractivity contribution in [2.24, 2.45) is 0 Å². The third-order valence-electron chi connectivity index (χ3n) is 5.98. The van der Waals surface area contributed by atoms with Gasteiger partial charge in [0, 0.05) is 24.6 Å². The molecule has 2 fully saturated rings. The summed E-state index contributed by atoms with van der Waals surface area (Å²) in [4.78, 5) is 14.1. The minimum Gasteiger partial charge on any atom is -0.463 e. The summed E-state index contributed by atoms with van der Waals surface area (Å²) in [6.45, 7) is 2.97. The third kappa shape index (κ3) is 3.78. The van der Waals surface area contributed by atoms with Gasteiger partial charge in [-0.25, -0.2) is 4.79 Å². The van der Waals surface area contributed by atoms with Gasteiger partial charge >= 0.3 is 6.03 Å². The number of anilines is 1. The molecular formula is C21H28N3O2+. The first-order valence-electron chi connectivity index (χ1n) is 9.70. The zero-order chi connectivity index (χ0) is 17.9. The van der Waals surface area contributed by atoms with Gasteiger partial charge in [0.15, 0.2) is 5.76 Å². The molecule has 4 atom stereocenters. The number of carbonyl (C=O) groups excluding carboxylic acids is 1. The Balaban J connectivity index is 1.36. The molecule has 4 rings (SSSR count). The molecule has 1 aromatic heterocycles. The molecule has 2 unspecified atom stereocenters. The van der Waals surface area contributed by atoms with Gasteiger partial charge in [-0.2, -0.15) is 0 Å². The largest absolute Gasteiger partial charge is 0.463 e. The van der Waals surface area contributed by atoms with Crippen LogP contribution in [0, 0.1) is 6.92 Å². The fraction of sp³-hybridized carbons (Fsp3) is 0.476. The second-order valence-corrected chi connectivity index (χ2v) is 7.74. The molecule has 0 radical (unpaired) electrons. The normalized spacial score (nSPS) is 27.7. The Morgan fingerprint density at radius 1 is 1.15 bits per heavy atom. The lowest BCUT2D eigenvalue weighted by atomic mass is 9.81. The van der Waals surface area contributed by atoms with Gasteiger partial charge in [-0.15, -0.1) is 0 Å². The van der Waals surface area contributed by atoms with Crippen LogP contribution in [0.2, 0.25) is 0 Å². The highest BCUT2D eigenvalue weighted by atomic mass is 16.3. The van der Waals surface area contributed by atoms with E-state index in [4.69, 9.17) is 4.42 Å². The molecular weight excluding hydrogens is 326 g/mol. The Bertz CT molecular complexity index is 729. The van der Waals surface area contributed by atoms with Gasteiger partial charge in [-0.1, -0.05) is 18.2 Å². The van der Waals surface area contributed by atoms with E-state index in [1.54, 1.807) is 11.2 Å². The average Bonchev–Trinajstić information content (AvgIpc) is 3.11. The summed E-state index contributed by atoms with van der Waals surface area (Å²) in [6.07, 6.45) is 7.64. The molecule has 0 saturated carbocycles. The predicted octanol–water partition coefficient (Wildman–Crippen LogP) is 2.88. The van der Waals surface area contributed by atoms with Gasteiger partial charge in [0.25, 0.3) is 0 Å². The Kier molecular flexibility index (Phi) is 4.98. The third-order valence-corrected chi connectivity index (χ3v) is 5.98. The van der Waals surface area contributed by atoms with Crippen LogP contribution in [0.1, 0.15) is 43.4 Å². The summed E-state index contributed by atoms with van der Waals surface area (Å²) < 4.78 is 5.57. The van der Waals surface area contributed by atoms with E-state index in [0.29, 0.717) is 12.1 Å². The zero-order valence-corrected chi connectivity index (χ0v) is 15.3. The van der Waals surface area contributed by atoms with E-state index in [2.05, 4.69) is 16.7 Å². The highest BCUT2D eigenvalue weighted by Crippen LogP contribution is 2.23. The lowest BCUT2D eigenvalue weighted by Crippen LogP contribution is -3.20. The lowest BCUT2D eigenvalue weighted by Gasteiger charge is -2.45. The summed E-state index contributed by atoms with van der Waals surface area (Å²) in [5.74, 6) is 1.07. The Morgan fingerprint density at radius 3 is 2.62 bits per heavy atom. The van der Waals surface area contributed by atoms with E-state index < -0.39 is 0 Å². The molecule has 138 valence electrons. The summed E-state index contributed by atoms with van der Waals surface area (Å²) in [6, 6.07) is 13.3. The second-order valence-electron chi connectivity index (χ2n) is 7.74. The molecule has 2 aliphatic rings. The van der Waals surface area contributed by atoms with Gasteiger partial charge < -0.3 is 20.0 Å². The number of urea groups is 1. The quantitative estimate of drug-likeness (QED) is 0.791. The van der Waals surface area contributed by atoms with E-state index in [0.717, 1.165) is 36.4 Å². The van der Waals surface area contributed by atoms with Crippen LogP contribution in [0.15, 0.2) is 47.1 Å². The fourth-order valence-electron chi connectivity index (χ4n) is 4.71. The average molecular weight is 354 g/mol. The standard InChI is InChI=1S/C21H27N3O2/c1-15-6-2-3-10-20(15)23-21(25)22-16-12-17-7-4-8-18(13-16)24(17)14-19-9-5-11-26-19/h2-3,5-6,9-11,16-18H,4,7-8,12-14H2,1H3,(H2,22,23,25)/p+1/t16?,17-,18+. The Hall–Kier alpha value is -2.27. The number of carbonyl (C=O) groups is 1. The topological polar surface area (TPSA) is 58.7 Å². The molecule has 0 spiro atoms. The predicted molar refractivity (Wildman–Crippen MR) is 101 cm³/mol. The van der Waals surface area contributed by atoms with E-state index in [-0.39, 0.29) is 12.1 Å². The number of rotatable bonds is 4. The number of hydrogen-bond acceptors (Lipinski definition) is 2. The van der Waals surface area contributed by atoms with Crippen LogP contribution < -0.4 is 15.5 Å². The number of benzene rings is 1. The fourth-order valence-corrected chi connectivity index (χ4v) is 4.71.